The third-order valence-electron chi connectivity index (χ3n) is 0.659. The zero-order valence-corrected chi connectivity index (χ0v) is 4.76. The minimum Gasteiger partial charge on any atom is -0.366 e. The summed E-state index contributed by atoms with van der Waals surface area (Å²) in [6.07, 6.45) is 0.835. The summed E-state index contributed by atoms with van der Waals surface area (Å²) in [6, 6.07) is 1.86. The van der Waals surface area contributed by atoms with Gasteiger partial charge >= 0.3 is 0 Å². The Labute approximate surface area is 49.0 Å². The van der Waals surface area contributed by atoms with Gasteiger partial charge in [-0.05, 0) is 13.0 Å². The summed E-state index contributed by atoms with van der Waals surface area (Å²) in [7, 11) is 0. The number of hydrogen-bond acceptors (Lipinski definition) is 3. The molecule has 0 bridgehead atoms. The van der Waals surface area contributed by atoms with Crippen LogP contribution in [-0.2, 0) is 4.74 Å². The number of nitrogens with two attached hydrogens (primary N) is 1. The van der Waals surface area contributed by atoms with Crippen molar-refractivity contribution in [2.75, 3.05) is 19.8 Å². The molecular weight excluding hydrogens is 104 g/mol. The molecule has 0 saturated carbocycles. The Bertz CT molecular complexity index is 77.0. The van der Waals surface area contributed by atoms with Crippen molar-refractivity contribution in [2.24, 2.45) is 5.73 Å². The second-order valence-electron chi connectivity index (χ2n) is 1.35. The number of nitriles is 1. The fraction of sp³-hybridized carbons (Fsp3) is 0.800. The minimum absolute atomic E-state index is 0.181. The lowest BCUT2D eigenvalue weighted by Crippen LogP contribution is -2.04. The molecule has 46 valence electrons. The average molecular weight is 114 g/mol. The van der Waals surface area contributed by atoms with Gasteiger partial charge in [0.15, 0.2) is 0 Å². The van der Waals surface area contributed by atoms with E-state index in [9.17, 15) is 0 Å². The summed E-state index contributed by atoms with van der Waals surface area (Å²) in [5, 5.41) is 7.96. The fourth-order valence-electron chi connectivity index (χ4n) is 0.303. The van der Waals surface area contributed by atoms with Crippen LogP contribution in [0.3, 0.4) is 0 Å². The van der Waals surface area contributed by atoms with Crippen molar-refractivity contribution in [1.82, 2.24) is 0 Å². The van der Waals surface area contributed by atoms with Crippen LogP contribution in [0, 0.1) is 11.3 Å². The Balaban J connectivity index is 2.65. The summed E-state index contributed by atoms with van der Waals surface area (Å²) in [6.45, 7) is 1.41. The summed E-state index contributed by atoms with van der Waals surface area (Å²) in [5.74, 6) is 0. The zero-order valence-electron chi connectivity index (χ0n) is 4.76. The van der Waals surface area contributed by atoms with E-state index in [0.717, 1.165) is 6.42 Å². The maximum atomic E-state index is 7.96. The van der Waals surface area contributed by atoms with Crippen molar-refractivity contribution in [1.29, 1.82) is 5.26 Å². The van der Waals surface area contributed by atoms with Crippen molar-refractivity contribution in [3.63, 3.8) is 0 Å². The quantitative estimate of drug-likeness (QED) is 0.518. The molecular formula is C5H10N2O. The predicted molar refractivity (Wildman–Crippen MR) is 30.1 cm³/mol. The lowest BCUT2D eigenvalue weighted by atomic mass is 10.5. The van der Waals surface area contributed by atoms with E-state index in [0.29, 0.717) is 13.2 Å². The number of nitrogens with zero attached hydrogens (tertiary/aromatic N) is 1. The maximum absolute atomic E-state index is 7.96. The first-order chi connectivity index (χ1) is 3.91. The molecule has 0 spiro atoms. The molecule has 0 amide bonds. The number of hydrogen-bond donors (Lipinski definition) is 1. The second kappa shape index (κ2) is 6.41. The molecule has 0 rings (SSSR count). The lowest BCUT2D eigenvalue weighted by molar-refractivity contribution is 0.165. The third-order valence-corrected chi connectivity index (χ3v) is 0.659. The van der Waals surface area contributed by atoms with E-state index in [4.69, 9.17) is 15.7 Å². The molecule has 0 aliphatic heterocycles. The number of rotatable bonds is 4. The van der Waals surface area contributed by atoms with Gasteiger partial charge in [0.05, 0.1) is 6.07 Å². The van der Waals surface area contributed by atoms with Gasteiger partial charge in [-0.15, -0.1) is 0 Å². The smallest absolute Gasteiger partial charge is 0.133 e. The van der Waals surface area contributed by atoms with Gasteiger partial charge in [-0.2, -0.15) is 5.26 Å². The molecule has 3 heteroatoms. The molecule has 0 aliphatic carbocycles. The molecule has 0 aromatic rings. The van der Waals surface area contributed by atoms with E-state index >= 15 is 0 Å². The van der Waals surface area contributed by atoms with Gasteiger partial charge in [-0.25, -0.2) is 0 Å². The fourth-order valence-corrected chi connectivity index (χ4v) is 0.303. The highest BCUT2D eigenvalue weighted by atomic mass is 16.5. The Morgan fingerprint density at radius 2 is 2.38 bits per heavy atom. The SMILES string of the molecule is N#CCOCCCN. The van der Waals surface area contributed by atoms with Crippen LogP contribution in [0.4, 0.5) is 0 Å². The molecule has 0 fully saturated rings. The first-order valence-electron chi connectivity index (χ1n) is 2.56. The summed E-state index contributed by atoms with van der Waals surface area (Å²) in [4.78, 5) is 0. The molecule has 8 heavy (non-hydrogen) atoms. The Morgan fingerprint density at radius 3 is 2.88 bits per heavy atom. The predicted octanol–water partition coefficient (Wildman–Crippen LogP) is -0.125. The molecule has 0 unspecified atom stereocenters. The minimum atomic E-state index is 0.181. The van der Waals surface area contributed by atoms with Crippen molar-refractivity contribution >= 4 is 0 Å². The van der Waals surface area contributed by atoms with Crippen LogP contribution in [0.15, 0.2) is 0 Å². The van der Waals surface area contributed by atoms with E-state index in [1.54, 1.807) is 0 Å². The van der Waals surface area contributed by atoms with Crippen LogP contribution in [0.25, 0.3) is 0 Å². The molecule has 0 heterocycles. The molecule has 0 aromatic carbocycles. The van der Waals surface area contributed by atoms with Crippen molar-refractivity contribution in [3.05, 3.63) is 0 Å². The number of ether oxygens (including phenoxy) is 1. The lowest BCUT2D eigenvalue weighted by Gasteiger charge is -1.93. The van der Waals surface area contributed by atoms with E-state index < -0.39 is 0 Å². The van der Waals surface area contributed by atoms with E-state index in [1.165, 1.54) is 0 Å². The van der Waals surface area contributed by atoms with Crippen LogP contribution in [0.1, 0.15) is 6.42 Å². The normalized spacial score (nSPS) is 8.50. The average Bonchev–Trinajstić information content (AvgIpc) is 1.81. The van der Waals surface area contributed by atoms with Gasteiger partial charge in [0, 0.05) is 6.61 Å². The highest BCUT2D eigenvalue weighted by molar-refractivity contribution is 4.65. The van der Waals surface area contributed by atoms with Gasteiger partial charge < -0.3 is 10.5 Å². The highest BCUT2D eigenvalue weighted by Gasteiger charge is 1.81. The maximum Gasteiger partial charge on any atom is 0.133 e. The molecule has 3 nitrogen and oxygen atoms in total. The largest absolute Gasteiger partial charge is 0.366 e. The summed E-state index contributed by atoms with van der Waals surface area (Å²) >= 11 is 0. The Morgan fingerprint density at radius 1 is 1.62 bits per heavy atom. The summed E-state index contributed by atoms with van der Waals surface area (Å²) in [5.41, 5.74) is 5.15. The van der Waals surface area contributed by atoms with Gasteiger partial charge in [-0.1, -0.05) is 0 Å². The van der Waals surface area contributed by atoms with Crippen molar-refractivity contribution < 1.29 is 4.74 Å². The van der Waals surface area contributed by atoms with Crippen LogP contribution >= 0.6 is 0 Å². The van der Waals surface area contributed by atoms with E-state index in [2.05, 4.69) is 0 Å². The van der Waals surface area contributed by atoms with Gasteiger partial charge in [0.1, 0.15) is 6.61 Å². The summed E-state index contributed by atoms with van der Waals surface area (Å²) < 4.78 is 4.78. The molecule has 2 N–H and O–H groups in total. The molecule has 0 aliphatic rings. The standard InChI is InChI=1S/C5H10N2O/c6-2-1-4-8-5-3-7/h1-2,4-6H2. The van der Waals surface area contributed by atoms with Gasteiger partial charge in [0.25, 0.3) is 0 Å². The van der Waals surface area contributed by atoms with Gasteiger partial charge in [0.2, 0.25) is 0 Å². The third kappa shape index (κ3) is 5.41. The topological polar surface area (TPSA) is 59.0 Å². The monoisotopic (exact) mass is 114 g/mol. The van der Waals surface area contributed by atoms with Crippen LogP contribution in [-0.4, -0.2) is 19.8 Å². The van der Waals surface area contributed by atoms with Crippen molar-refractivity contribution in [2.45, 2.75) is 6.42 Å². The second-order valence-corrected chi connectivity index (χ2v) is 1.35. The van der Waals surface area contributed by atoms with E-state index in [-0.39, 0.29) is 6.61 Å². The zero-order chi connectivity index (χ0) is 6.24. The first kappa shape index (κ1) is 7.41. The van der Waals surface area contributed by atoms with Crippen LogP contribution < -0.4 is 5.73 Å². The highest BCUT2D eigenvalue weighted by Crippen LogP contribution is 1.76. The molecule has 0 atom stereocenters. The molecule has 0 saturated heterocycles. The van der Waals surface area contributed by atoms with Crippen LogP contribution in [0.2, 0.25) is 0 Å². The Hall–Kier alpha value is -0.590. The molecule has 0 radical (unpaired) electrons. The van der Waals surface area contributed by atoms with E-state index in [1.807, 2.05) is 6.07 Å². The van der Waals surface area contributed by atoms with Crippen molar-refractivity contribution in [3.8, 4) is 6.07 Å². The van der Waals surface area contributed by atoms with Gasteiger partial charge in [-0.3, -0.25) is 0 Å². The molecule has 0 aromatic heterocycles. The Kier molecular flexibility index (Phi) is 5.94. The first-order valence-corrected chi connectivity index (χ1v) is 2.56. The van der Waals surface area contributed by atoms with Crippen LogP contribution in [0.5, 0.6) is 0 Å².